The maximum atomic E-state index is 10.9. The fourth-order valence-electron chi connectivity index (χ4n) is 2.01. The first kappa shape index (κ1) is 19.1. The van der Waals surface area contributed by atoms with Crippen LogP contribution in [0.4, 0.5) is 5.82 Å². The average molecular weight is 337 g/mol. The predicted octanol–water partition coefficient (Wildman–Crippen LogP) is 2.63. The summed E-state index contributed by atoms with van der Waals surface area (Å²) in [7, 11) is 0. The highest BCUT2D eigenvalue weighted by atomic mass is 32.1. The van der Waals surface area contributed by atoms with Gasteiger partial charge in [-0.25, -0.2) is 15.5 Å². The van der Waals surface area contributed by atoms with Crippen molar-refractivity contribution >= 4 is 35.4 Å². The minimum atomic E-state index is -0.355. The molecule has 0 saturated carbocycles. The lowest BCUT2D eigenvalue weighted by atomic mass is 10.1. The molecule has 1 amide bonds. The molecule has 7 nitrogen and oxygen atoms in total. The van der Waals surface area contributed by atoms with Crippen LogP contribution in [0.2, 0.25) is 0 Å². The van der Waals surface area contributed by atoms with Crippen molar-refractivity contribution in [2.75, 3.05) is 11.4 Å². The van der Waals surface area contributed by atoms with Crippen molar-refractivity contribution in [2.45, 2.75) is 39.0 Å². The number of carbonyl (C=O) groups excluding carboxylic acids is 1. The van der Waals surface area contributed by atoms with Gasteiger partial charge in [-0.3, -0.25) is 15.4 Å². The predicted molar refractivity (Wildman–Crippen MR) is 94.4 cm³/mol. The molecule has 0 aliphatic carbocycles. The first-order valence-corrected chi connectivity index (χ1v) is 7.93. The maximum Gasteiger partial charge on any atom is 0.243 e. The molecule has 0 unspecified atom stereocenters. The minimum absolute atomic E-state index is 0.186. The van der Waals surface area contributed by atoms with E-state index in [0.29, 0.717) is 18.1 Å². The molecular weight excluding hydrogens is 314 g/mol. The van der Waals surface area contributed by atoms with Crippen LogP contribution >= 0.6 is 12.6 Å². The fraction of sp³-hybridized carbons (Fsp3) is 0.467. The topological polar surface area (TPSA) is 102 Å². The Bertz CT molecular complexity index is 536. The van der Waals surface area contributed by atoms with E-state index in [0.717, 1.165) is 31.5 Å². The zero-order valence-electron chi connectivity index (χ0n) is 13.2. The summed E-state index contributed by atoms with van der Waals surface area (Å²) in [6.45, 7) is 2.28. The summed E-state index contributed by atoms with van der Waals surface area (Å²) in [5.74, 6) is 0.569. The van der Waals surface area contributed by atoms with Gasteiger partial charge >= 0.3 is 0 Å². The van der Waals surface area contributed by atoms with E-state index in [4.69, 9.17) is 10.6 Å². The van der Waals surface area contributed by atoms with E-state index < -0.39 is 0 Å². The summed E-state index contributed by atoms with van der Waals surface area (Å²) < 4.78 is 0. The number of aromatic nitrogens is 1. The van der Waals surface area contributed by atoms with Crippen molar-refractivity contribution in [3.05, 3.63) is 24.4 Å². The van der Waals surface area contributed by atoms with Gasteiger partial charge in [-0.1, -0.05) is 18.9 Å². The van der Waals surface area contributed by atoms with E-state index >= 15 is 0 Å². The van der Waals surface area contributed by atoms with Crippen molar-refractivity contribution in [2.24, 2.45) is 4.99 Å². The third-order valence-corrected chi connectivity index (χ3v) is 3.44. The minimum Gasteiger partial charge on any atom is -0.306 e. The highest BCUT2D eigenvalue weighted by Gasteiger charge is 2.11. The summed E-state index contributed by atoms with van der Waals surface area (Å²) in [6.07, 6.45) is 5.48. The molecule has 0 fully saturated rings. The van der Waals surface area contributed by atoms with Crippen LogP contribution in [0, 0.1) is 5.41 Å². The second-order valence-corrected chi connectivity index (χ2v) is 5.44. The van der Waals surface area contributed by atoms with Gasteiger partial charge in [0.25, 0.3) is 0 Å². The lowest BCUT2D eigenvalue weighted by Crippen LogP contribution is -2.29. The molecule has 0 atom stereocenters. The lowest BCUT2D eigenvalue weighted by Gasteiger charge is -2.22. The van der Waals surface area contributed by atoms with Crippen LogP contribution in [0.5, 0.6) is 0 Å². The zero-order valence-corrected chi connectivity index (χ0v) is 14.1. The molecule has 8 heteroatoms. The van der Waals surface area contributed by atoms with Gasteiger partial charge in [0, 0.05) is 19.2 Å². The smallest absolute Gasteiger partial charge is 0.243 e. The van der Waals surface area contributed by atoms with E-state index in [1.807, 2.05) is 23.1 Å². The molecule has 1 aromatic heterocycles. The number of rotatable bonds is 8. The van der Waals surface area contributed by atoms with Crippen molar-refractivity contribution in [3.63, 3.8) is 0 Å². The first-order valence-electron chi connectivity index (χ1n) is 7.49. The maximum absolute atomic E-state index is 10.9. The molecule has 126 valence electrons. The number of carbonyl (C=O) groups is 1. The average Bonchev–Trinajstić information content (AvgIpc) is 2.53. The van der Waals surface area contributed by atoms with Crippen LogP contribution in [0.15, 0.2) is 29.4 Å². The molecule has 0 aliphatic rings. The number of hydrogen-bond acceptors (Lipinski definition) is 4. The third kappa shape index (κ3) is 7.75. The van der Waals surface area contributed by atoms with Gasteiger partial charge in [-0.2, -0.15) is 0 Å². The van der Waals surface area contributed by atoms with Gasteiger partial charge in [0.05, 0.1) is 0 Å². The largest absolute Gasteiger partial charge is 0.306 e. The van der Waals surface area contributed by atoms with Crippen LogP contribution in [0.3, 0.4) is 0 Å². The summed E-state index contributed by atoms with van der Waals surface area (Å²) in [4.78, 5) is 21.1. The van der Waals surface area contributed by atoms with Gasteiger partial charge in [0.1, 0.15) is 11.7 Å². The fourth-order valence-corrected chi connectivity index (χ4v) is 2.36. The van der Waals surface area contributed by atoms with E-state index in [9.17, 15) is 4.79 Å². The Kier molecular flexibility index (Phi) is 8.93. The number of thiol groups is 1. The van der Waals surface area contributed by atoms with Crippen LogP contribution < -0.4 is 10.4 Å². The molecule has 1 heterocycles. The van der Waals surface area contributed by atoms with Crippen molar-refractivity contribution in [1.29, 1.82) is 5.41 Å². The van der Waals surface area contributed by atoms with E-state index in [-0.39, 0.29) is 11.7 Å². The number of hydrogen-bond donors (Lipinski definition) is 4. The van der Waals surface area contributed by atoms with Crippen LogP contribution in [-0.2, 0) is 4.79 Å². The van der Waals surface area contributed by atoms with Crippen LogP contribution in [-0.4, -0.2) is 33.6 Å². The molecule has 0 spiro atoms. The highest BCUT2D eigenvalue weighted by molar-refractivity contribution is 7.97. The molecule has 0 saturated heterocycles. The second kappa shape index (κ2) is 10.7. The SMILES string of the molecule is CC(=N)/N=C(\S)N(CCCCCCC(=O)NO)c1ccccn1. The first-order chi connectivity index (χ1) is 11.0. The monoisotopic (exact) mass is 337 g/mol. The molecule has 0 aromatic carbocycles. The number of nitrogens with one attached hydrogen (secondary N) is 2. The molecule has 1 rings (SSSR count). The van der Waals surface area contributed by atoms with Gasteiger partial charge in [-0.15, -0.1) is 12.6 Å². The highest BCUT2D eigenvalue weighted by Crippen LogP contribution is 2.14. The van der Waals surface area contributed by atoms with E-state index in [1.54, 1.807) is 18.6 Å². The van der Waals surface area contributed by atoms with E-state index in [2.05, 4.69) is 22.6 Å². The quantitative estimate of drug-likeness (QED) is 0.146. The Labute approximate surface area is 141 Å². The molecular formula is C15H23N5O2S. The molecule has 3 N–H and O–H groups in total. The Morgan fingerprint density at radius 1 is 1.39 bits per heavy atom. The van der Waals surface area contributed by atoms with Crippen molar-refractivity contribution in [3.8, 4) is 0 Å². The molecule has 23 heavy (non-hydrogen) atoms. The summed E-state index contributed by atoms with van der Waals surface area (Å²) in [5.41, 5.74) is 1.63. The van der Waals surface area contributed by atoms with Crippen LogP contribution in [0.25, 0.3) is 0 Å². The number of hydroxylamine groups is 1. The van der Waals surface area contributed by atoms with Gasteiger partial charge in [0.15, 0.2) is 5.17 Å². The van der Waals surface area contributed by atoms with Gasteiger partial charge in [0.2, 0.25) is 5.91 Å². The second-order valence-electron chi connectivity index (χ2n) is 5.04. The number of unbranched alkanes of at least 4 members (excludes halogenated alkanes) is 3. The van der Waals surface area contributed by atoms with Crippen LogP contribution in [0.1, 0.15) is 39.0 Å². The van der Waals surface area contributed by atoms with Crippen molar-refractivity contribution in [1.82, 2.24) is 10.5 Å². The van der Waals surface area contributed by atoms with Crippen molar-refractivity contribution < 1.29 is 10.0 Å². The summed E-state index contributed by atoms with van der Waals surface area (Å²) in [6, 6.07) is 5.60. The Morgan fingerprint density at radius 2 is 2.13 bits per heavy atom. The van der Waals surface area contributed by atoms with Gasteiger partial charge < -0.3 is 4.90 Å². The lowest BCUT2D eigenvalue weighted by molar-refractivity contribution is -0.129. The number of amidine groups is 2. The standard InChI is InChI=1S/C15H23N5O2S/c1-12(16)18-15(23)20(13-8-5-6-10-17-13)11-7-3-2-4-9-14(21)19-22/h5-6,8,10,22H,2-4,7,9,11H2,1H3,(H,19,21)(H2,16,18,23). The molecule has 0 radical (unpaired) electrons. The number of aliphatic imine (C=N–C) groups is 1. The molecule has 1 aromatic rings. The number of amides is 1. The molecule has 0 aliphatic heterocycles. The third-order valence-electron chi connectivity index (χ3n) is 3.10. The Morgan fingerprint density at radius 3 is 2.74 bits per heavy atom. The Hall–Kier alpha value is -1.93. The van der Waals surface area contributed by atoms with E-state index in [1.165, 1.54) is 0 Å². The number of pyridine rings is 1. The number of anilines is 1. The summed E-state index contributed by atoms with van der Waals surface area (Å²) in [5, 5.41) is 16.3. The Balaban J connectivity index is 2.51. The number of nitrogens with zero attached hydrogens (tertiary/aromatic N) is 3. The summed E-state index contributed by atoms with van der Waals surface area (Å²) >= 11 is 4.37. The normalized spacial score (nSPS) is 11.2. The van der Waals surface area contributed by atoms with Gasteiger partial charge in [-0.05, 0) is 31.9 Å². The molecule has 0 bridgehead atoms. The zero-order chi connectivity index (χ0) is 17.1.